The first kappa shape index (κ1) is 17.9. The highest BCUT2D eigenvalue weighted by Gasteiger charge is 2.15. The molecule has 0 atom stereocenters. The largest absolute Gasteiger partial charge is 0.493 e. The second-order valence-electron chi connectivity index (χ2n) is 6.04. The smallest absolute Gasteiger partial charge is 0.170 e. The van der Waals surface area contributed by atoms with Crippen LogP contribution in [-0.2, 0) is 5.75 Å². The van der Waals surface area contributed by atoms with Gasteiger partial charge in [-0.25, -0.2) is 9.97 Å². The van der Waals surface area contributed by atoms with Crippen molar-refractivity contribution in [1.82, 2.24) is 15.0 Å². The Morgan fingerprint density at radius 1 is 1.11 bits per heavy atom. The Bertz CT molecular complexity index is 1090. The van der Waals surface area contributed by atoms with Crippen molar-refractivity contribution in [2.45, 2.75) is 17.8 Å². The predicted octanol–water partition coefficient (Wildman–Crippen LogP) is 5.30. The van der Waals surface area contributed by atoms with Crippen molar-refractivity contribution in [2.24, 2.45) is 0 Å². The lowest BCUT2D eigenvalue weighted by molar-refractivity contribution is 0.356. The lowest BCUT2D eigenvalue weighted by Crippen LogP contribution is -1.93. The van der Waals surface area contributed by atoms with Gasteiger partial charge in [0.25, 0.3) is 0 Å². The molecule has 5 nitrogen and oxygen atoms in total. The number of para-hydroxylation sites is 1. The Balaban J connectivity index is 1.53. The van der Waals surface area contributed by atoms with E-state index in [1.54, 1.807) is 37.3 Å². The fourth-order valence-electron chi connectivity index (χ4n) is 2.86. The van der Waals surface area contributed by atoms with E-state index >= 15 is 0 Å². The molecule has 7 heteroatoms. The first-order chi connectivity index (χ1) is 13.2. The quantitative estimate of drug-likeness (QED) is 0.447. The summed E-state index contributed by atoms with van der Waals surface area (Å²) in [7, 11) is 3.29. The van der Waals surface area contributed by atoms with Gasteiger partial charge in [0, 0.05) is 11.1 Å². The number of imidazole rings is 1. The van der Waals surface area contributed by atoms with E-state index in [9.17, 15) is 0 Å². The van der Waals surface area contributed by atoms with E-state index in [1.165, 1.54) is 5.56 Å². The van der Waals surface area contributed by atoms with Crippen molar-refractivity contribution in [3.63, 3.8) is 0 Å². The zero-order valence-electron chi connectivity index (χ0n) is 15.3. The molecular weight excluding hydrogens is 378 g/mol. The number of fused-ring (bicyclic) bond motifs is 1. The first-order valence-corrected chi connectivity index (χ1v) is 10.3. The number of aryl methyl sites for hydroxylation is 1. The summed E-state index contributed by atoms with van der Waals surface area (Å²) in [5, 5.41) is 3.90. The highest BCUT2D eigenvalue weighted by atomic mass is 32.2. The Hall–Kier alpha value is -2.51. The summed E-state index contributed by atoms with van der Waals surface area (Å²) in [6.07, 6.45) is 0. The average molecular weight is 398 g/mol. The fraction of sp³-hybridized carbons (Fsp3) is 0.200. The zero-order chi connectivity index (χ0) is 18.8. The molecule has 0 spiro atoms. The number of aromatic nitrogens is 3. The Kier molecular flexibility index (Phi) is 5.05. The minimum absolute atomic E-state index is 0.707. The van der Waals surface area contributed by atoms with Gasteiger partial charge < -0.3 is 14.5 Å². The number of nitrogens with one attached hydrogen (secondary N) is 1. The maximum absolute atomic E-state index is 5.53. The highest BCUT2D eigenvalue weighted by Crippen LogP contribution is 2.39. The lowest BCUT2D eigenvalue weighted by Gasteiger charge is -2.10. The van der Waals surface area contributed by atoms with Gasteiger partial charge in [-0.1, -0.05) is 23.9 Å². The van der Waals surface area contributed by atoms with Crippen LogP contribution in [0.5, 0.6) is 11.5 Å². The van der Waals surface area contributed by atoms with E-state index in [0.717, 1.165) is 38.2 Å². The van der Waals surface area contributed by atoms with Crippen LogP contribution < -0.4 is 9.47 Å². The summed E-state index contributed by atoms with van der Waals surface area (Å²) < 4.78 is 10.9. The van der Waals surface area contributed by atoms with Gasteiger partial charge in [-0.05, 0) is 36.8 Å². The van der Waals surface area contributed by atoms with Crippen molar-refractivity contribution < 1.29 is 9.47 Å². The SMILES string of the molecule is COc1cccc(-c2nc(CSc3nc4ccc(C)cc4[nH]3)cs2)c1OC. The number of benzene rings is 2. The van der Waals surface area contributed by atoms with E-state index in [-0.39, 0.29) is 0 Å². The molecule has 4 rings (SSSR count). The van der Waals surface area contributed by atoms with Crippen LogP contribution in [0.1, 0.15) is 11.3 Å². The molecule has 27 heavy (non-hydrogen) atoms. The van der Waals surface area contributed by atoms with Gasteiger partial charge in [-0.15, -0.1) is 11.3 Å². The minimum atomic E-state index is 0.707. The van der Waals surface area contributed by atoms with Gasteiger partial charge in [-0.2, -0.15) is 0 Å². The second-order valence-corrected chi connectivity index (χ2v) is 7.86. The Morgan fingerprint density at radius 3 is 2.81 bits per heavy atom. The Morgan fingerprint density at radius 2 is 2.00 bits per heavy atom. The third-order valence-electron chi connectivity index (χ3n) is 4.16. The molecule has 138 valence electrons. The van der Waals surface area contributed by atoms with Gasteiger partial charge in [0.05, 0.1) is 36.5 Å². The normalized spacial score (nSPS) is 11.1. The third-order valence-corrected chi connectivity index (χ3v) is 5.99. The van der Waals surface area contributed by atoms with E-state index in [0.29, 0.717) is 11.5 Å². The number of aromatic amines is 1. The van der Waals surface area contributed by atoms with Crippen LogP contribution in [0, 0.1) is 6.92 Å². The molecule has 2 aromatic heterocycles. The van der Waals surface area contributed by atoms with Crippen molar-refractivity contribution in [3.8, 4) is 22.1 Å². The number of H-pyrrole nitrogens is 1. The molecule has 0 saturated heterocycles. The molecule has 0 saturated carbocycles. The summed E-state index contributed by atoms with van der Waals surface area (Å²) in [6, 6.07) is 12.1. The summed E-state index contributed by atoms with van der Waals surface area (Å²) >= 11 is 3.26. The van der Waals surface area contributed by atoms with Crippen LogP contribution in [0.15, 0.2) is 46.9 Å². The molecule has 0 aliphatic heterocycles. The average Bonchev–Trinajstić information content (AvgIpc) is 3.31. The summed E-state index contributed by atoms with van der Waals surface area (Å²) in [6.45, 7) is 2.08. The molecule has 0 amide bonds. The molecule has 0 fully saturated rings. The Labute approximate surface area is 165 Å². The molecule has 0 bridgehead atoms. The number of hydrogen-bond donors (Lipinski definition) is 1. The van der Waals surface area contributed by atoms with E-state index < -0.39 is 0 Å². The predicted molar refractivity (Wildman–Crippen MR) is 111 cm³/mol. The molecule has 2 aromatic carbocycles. The maximum Gasteiger partial charge on any atom is 0.170 e. The van der Waals surface area contributed by atoms with Crippen molar-refractivity contribution >= 4 is 34.1 Å². The molecule has 0 unspecified atom stereocenters. The highest BCUT2D eigenvalue weighted by molar-refractivity contribution is 7.98. The van der Waals surface area contributed by atoms with Crippen LogP contribution in [0.4, 0.5) is 0 Å². The van der Waals surface area contributed by atoms with Crippen LogP contribution in [-0.4, -0.2) is 29.2 Å². The number of thioether (sulfide) groups is 1. The number of nitrogens with zero attached hydrogens (tertiary/aromatic N) is 2. The van der Waals surface area contributed by atoms with Gasteiger partial charge >= 0.3 is 0 Å². The standard InChI is InChI=1S/C20H19N3O2S2/c1-12-7-8-15-16(9-12)23-20(22-15)27-11-13-10-26-19(21-13)14-5-4-6-17(24-2)18(14)25-3/h4-10H,11H2,1-3H3,(H,22,23). The van der Waals surface area contributed by atoms with Gasteiger partial charge in [0.2, 0.25) is 0 Å². The zero-order valence-corrected chi connectivity index (χ0v) is 16.9. The van der Waals surface area contributed by atoms with E-state index in [1.807, 2.05) is 24.3 Å². The van der Waals surface area contributed by atoms with Gasteiger partial charge in [-0.3, -0.25) is 0 Å². The minimum Gasteiger partial charge on any atom is -0.493 e. The molecule has 0 aliphatic rings. The molecule has 1 N–H and O–H groups in total. The first-order valence-electron chi connectivity index (χ1n) is 8.43. The van der Waals surface area contributed by atoms with Crippen molar-refractivity contribution in [2.75, 3.05) is 14.2 Å². The molecular formula is C20H19N3O2S2. The number of hydrogen-bond acceptors (Lipinski definition) is 6. The second kappa shape index (κ2) is 7.62. The van der Waals surface area contributed by atoms with Crippen LogP contribution in [0.25, 0.3) is 21.6 Å². The summed E-state index contributed by atoms with van der Waals surface area (Å²) in [4.78, 5) is 12.8. The van der Waals surface area contributed by atoms with E-state index in [4.69, 9.17) is 14.5 Å². The number of rotatable bonds is 6. The van der Waals surface area contributed by atoms with Crippen molar-refractivity contribution in [3.05, 3.63) is 53.0 Å². The molecule has 4 aromatic rings. The van der Waals surface area contributed by atoms with Crippen LogP contribution in [0.2, 0.25) is 0 Å². The topological polar surface area (TPSA) is 60.0 Å². The van der Waals surface area contributed by atoms with Gasteiger partial charge in [0.1, 0.15) is 5.01 Å². The monoisotopic (exact) mass is 397 g/mol. The van der Waals surface area contributed by atoms with E-state index in [2.05, 4.69) is 34.4 Å². The summed E-state index contributed by atoms with van der Waals surface area (Å²) in [5.41, 5.74) is 5.23. The van der Waals surface area contributed by atoms with Crippen molar-refractivity contribution in [1.29, 1.82) is 0 Å². The number of ether oxygens (including phenoxy) is 2. The fourth-order valence-corrected chi connectivity index (χ4v) is 4.59. The van der Waals surface area contributed by atoms with Crippen LogP contribution in [0.3, 0.4) is 0 Å². The number of thiazole rings is 1. The number of methoxy groups -OCH3 is 2. The molecule has 0 aliphatic carbocycles. The van der Waals surface area contributed by atoms with Crippen LogP contribution >= 0.6 is 23.1 Å². The lowest BCUT2D eigenvalue weighted by atomic mass is 10.2. The third kappa shape index (κ3) is 3.65. The maximum atomic E-state index is 5.53. The van der Waals surface area contributed by atoms with Gasteiger partial charge in [0.15, 0.2) is 16.7 Å². The molecule has 2 heterocycles. The molecule has 0 radical (unpaired) electrons. The summed E-state index contributed by atoms with van der Waals surface area (Å²) in [5.74, 6) is 2.17.